The Hall–Kier alpha value is -1.81. The standard InChI is InChI=1S/C17H18F2N2/c18-14-8-2-5-12(16(14)19)10-15(20)13-7-1-4-11-6-3-9-21-17(11)13/h2-3,5-6,8-9,13,15H,1,4,7,10,20H2. The van der Waals surface area contributed by atoms with Gasteiger partial charge in [-0.15, -0.1) is 0 Å². The number of aromatic nitrogens is 1. The Morgan fingerprint density at radius 3 is 2.95 bits per heavy atom. The van der Waals surface area contributed by atoms with Crippen molar-refractivity contribution in [3.05, 3.63) is 65.0 Å². The highest BCUT2D eigenvalue weighted by Gasteiger charge is 2.27. The molecule has 2 unspecified atom stereocenters. The van der Waals surface area contributed by atoms with Crippen molar-refractivity contribution in [3.63, 3.8) is 0 Å². The van der Waals surface area contributed by atoms with Crippen molar-refractivity contribution in [1.82, 2.24) is 4.98 Å². The summed E-state index contributed by atoms with van der Waals surface area (Å²) in [6.07, 6.45) is 5.11. The average Bonchev–Trinajstić information content (AvgIpc) is 2.51. The highest BCUT2D eigenvalue weighted by molar-refractivity contribution is 5.28. The summed E-state index contributed by atoms with van der Waals surface area (Å²) in [5.74, 6) is -1.50. The zero-order valence-corrected chi connectivity index (χ0v) is 11.7. The van der Waals surface area contributed by atoms with Gasteiger partial charge in [0.15, 0.2) is 11.6 Å². The molecule has 0 bridgehead atoms. The summed E-state index contributed by atoms with van der Waals surface area (Å²) in [7, 11) is 0. The second-order valence-corrected chi connectivity index (χ2v) is 5.63. The Balaban J connectivity index is 1.83. The average molecular weight is 288 g/mol. The predicted molar refractivity (Wildman–Crippen MR) is 78.0 cm³/mol. The van der Waals surface area contributed by atoms with E-state index in [9.17, 15) is 8.78 Å². The number of aryl methyl sites for hydroxylation is 1. The van der Waals surface area contributed by atoms with Gasteiger partial charge in [0.25, 0.3) is 0 Å². The number of nitrogens with zero attached hydrogens (tertiary/aromatic N) is 1. The molecule has 1 aliphatic rings. The van der Waals surface area contributed by atoms with Crippen LogP contribution in [0.15, 0.2) is 36.5 Å². The Morgan fingerprint density at radius 1 is 1.24 bits per heavy atom. The molecule has 110 valence electrons. The fraction of sp³-hybridized carbons (Fsp3) is 0.353. The maximum absolute atomic E-state index is 13.8. The molecule has 1 heterocycles. The Bertz CT molecular complexity index is 642. The van der Waals surface area contributed by atoms with E-state index in [-0.39, 0.29) is 12.0 Å². The van der Waals surface area contributed by atoms with Crippen molar-refractivity contribution in [3.8, 4) is 0 Å². The summed E-state index contributed by atoms with van der Waals surface area (Å²) >= 11 is 0. The molecular weight excluding hydrogens is 270 g/mol. The van der Waals surface area contributed by atoms with Gasteiger partial charge in [-0.05, 0) is 48.9 Å². The normalized spacial score (nSPS) is 19.1. The fourth-order valence-electron chi connectivity index (χ4n) is 3.16. The Morgan fingerprint density at radius 2 is 2.10 bits per heavy atom. The minimum absolute atomic E-state index is 0.109. The summed E-state index contributed by atoms with van der Waals surface area (Å²) in [4.78, 5) is 4.46. The van der Waals surface area contributed by atoms with Gasteiger partial charge in [0.05, 0.1) is 0 Å². The van der Waals surface area contributed by atoms with Crippen LogP contribution in [0.3, 0.4) is 0 Å². The molecule has 3 rings (SSSR count). The van der Waals surface area contributed by atoms with Crippen molar-refractivity contribution in [1.29, 1.82) is 0 Å². The van der Waals surface area contributed by atoms with E-state index in [4.69, 9.17) is 5.73 Å². The lowest BCUT2D eigenvalue weighted by atomic mass is 9.80. The SMILES string of the molecule is NC(Cc1cccc(F)c1F)C1CCCc2cccnc21. The van der Waals surface area contributed by atoms with Crippen LogP contribution in [0.4, 0.5) is 8.78 Å². The molecule has 2 nitrogen and oxygen atoms in total. The first-order valence-electron chi connectivity index (χ1n) is 7.29. The highest BCUT2D eigenvalue weighted by atomic mass is 19.2. The van der Waals surface area contributed by atoms with Crippen molar-refractivity contribution in [2.45, 2.75) is 37.6 Å². The van der Waals surface area contributed by atoms with E-state index in [0.717, 1.165) is 31.0 Å². The molecule has 0 spiro atoms. The Labute approximate surface area is 123 Å². The molecule has 1 aromatic carbocycles. The second kappa shape index (κ2) is 5.90. The van der Waals surface area contributed by atoms with Gasteiger partial charge < -0.3 is 5.73 Å². The molecule has 1 aliphatic carbocycles. The van der Waals surface area contributed by atoms with Crippen LogP contribution in [-0.2, 0) is 12.8 Å². The summed E-state index contributed by atoms with van der Waals surface area (Å²) in [5, 5.41) is 0. The van der Waals surface area contributed by atoms with E-state index in [1.165, 1.54) is 11.6 Å². The van der Waals surface area contributed by atoms with Crippen LogP contribution in [0.1, 0.15) is 35.6 Å². The van der Waals surface area contributed by atoms with E-state index >= 15 is 0 Å². The van der Waals surface area contributed by atoms with Gasteiger partial charge >= 0.3 is 0 Å². The molecule has 2 atom stereocenters. The molecule has 0 radical (unpaired) electrons. The lowest BCUT2D eigenvalue weighted by molar-refractivity contribution is 0.437. The Kier molecular flexibility index (Phi) is 3.97. The summed E-state index contributed by atoms with van der Waals surface area (Å²) < 4.78 is 27.1. The van der Waals surface area contributed by atoms with Gasteiger partial charge in [-0.2, -0.15) is 0 Å². The van der Waals surface area contributed by atoms with Crippen LogP contribution in [-0.4, -0.2) is 11.0 Å². The molecule has 1 aromatic heterocycles. The van der Waals surface area contributed by atoms with Crippen molar-refractivity contribution in [2.24, 2.45) is 5.73 Å². The third-order valence-electron chi connectivity index (χ3n) is 4.24. The van der Waals surface area contributed by atoms with Crippen LogP contribution >= 0.6 is 0 Å². The first kappa shape index (κ1) is 14.1. The fourth-order valence-corrected chi connectivity index (χ4v) is 3.16. The van der Waals surface area contributed by atoms with Gasteiger partial charge in [0.1, 0.15) is 0 Å². The topological polar surface area (TPSA) is 38.9 Å². The lowest BCUT2D eigenvalue weighted by Crippen LogP contribution is -2.34. The van der Waals surface area contributed by atoms with Gasteiger partial charge in [0.2, 0.25) is 0 Å². The van der Waals surface area contributed by atoms with Crippen molar-refractivity contribution in [2.75, 3.05) is 0 Å². The summed E-state index contributed by atoms with van der Waals surface area (Å²) in [6, 6.07) is 7.99. The third kappa shape index (κ3) is 2.81. The largest absolute Gasteiger partial charge is 0.327 e. The van der Waals surface area contributed by atoms with Crippen molar-refractivity contribution >= 4 is 0 Å². The number of nitrogens with two attached hydrogens (primary N) is 1. The van der Waals surface area contributed by atoms with Crippen LogP contribution < -0.4 is 5.73 Å². The molecular formula is C17H18F2N2. The van der Waals surface area contributed by atoms with E-state index in [1.54, 1.807) is 12.3 Å². The quantitative estimate of drug-likeness (QED) is 0.940. The molecule has 21 heavy (non-hydrogen) atoms. The smallest absolute Gasteiger partial charge is 0.162 e. The number of hydrogen-bond acceptors (Lipinski definition) is 2. The van der Waals surface area contributed by atoms with Crippen LogP contribution in [0.25, 0.3) is 0 Å². The van der Waals surface area contributed by atoms with Gasteiger partial charge in [-0.1, -0.05) is 18.2 Å². The molecule has 0 saturated heterocycles. The zero-order chi connectivity index (χ0) is 14.8. The van der Waals surface area contributed by atoms with E-state index in [1.807, 2.05) is 6.07 Å². The third-order valence-corrected chi connectivity index (χ3v) is 4.24. The summed E-state index contributed by atoms with van der Waals surface area (Å²) in [5.41, 5.74) is 8.87. The molecule has 0 amide bonds. The zero-order valence-electron chi connectivity index (χ0n) is 11.7. The van der Waals surface area contributed by atoms with Crippen LogP contribution in [0.5, 0.6) is 0 Å². The minimum atomic E-state index is -0.818. The van der Waals surface area contributed by atoms with Gasteiger partial charge in [-0.25, -0.2) is 8.78 Å². The first-order valence-corrected chi connectivity index (χ1v) is 7.29. The number of halogens is 2. The van der Waals surface area contributed by atoms with Gasteiger partial charge in [0, 0.05) is 23.9 Å². The maximum atomic E-state index is 13.8. The number of fused-ring (bicyclic) bond motifs is 1. The molecule has 2 N–H and O–H groups in total. The lowest BCUT2D eigenvalue weighted by Gasteiger charge is -2.29. The van der Waals surface area contributed by atoms with Crippen LogP contribution in [0.2, 0.25) is 0 Å². The summed E-state index contributed by atoms with van der Waals surface area (Å²) in [6.45, 7) is 0. The molecule has 4 heteroatoms. The number of benzene rings is 1. The first-order chi connectivity index (χ1) is 10.2. The molecule has 0 aliphatic heterocycles. The van der Waals surface area contributed by atoms with E-state index < -0.39 is 11.6 Å². The van der Waals surface area contributed by atoms with E-state index in [2.05, 4.69) is 11.1 Å². The molecule has 2 aromatic rings. The number of pyridine rings is 1. The maximum Gasteiger partial charge on any atom is 0.162 e. The monoisotopic (exact) mass is 288 g/mol. The molecule has 0 saturated carbocycles. The number of rotatable bonds is 3. The van der Waals surface area contributed by atoms with Crippen molar-refractivity contribution < 1.29 is 8.78 Å². The predicted octanol–water partition coefficient (Wildman–Crippen LogP) is 3.35. The highest BCUT2D eigenvalue weighted by Crippen LogP contribution is 2.33. The van der Waals surface area contributed by atoms with Gasteiger partial charge in [-0.3, -0.25) is 4.98 Å². The second-order valence-electron chi connectivity index (χ2n) is 5.63. The van der Waals surface area contributed by atoms with Crippen LogP contribution in [0, 0.1) is 11.6 Å². The minimum Gasteiger partial charge on any atom is -0.327 e. The molecule has 0 fully saturated rings. The van der Waals surface area contributed by atoms with E-state index in [0.29, 0.717) is 12.0 Å². The number of hydrogen-bond donors (Lipinski definition) is 1.